The van der Waals surface area contributed by atoms with Crippen molar-refractivity contribution in [3.8, 4) is 0 Å². The van der Waals surface area contributed by atoms with E-state index < -0.39 is 6.10 Å². The van der Waals surface area contributed by atoms with Crippen molar-refractivity contribution in [3.05, 3.63) is 75.9 Å². The molecule has 5 nitrogen and oxygen atoms in total. The first-order chi connectivity index (χ1) is 14.5. The lowest BCUT2D eigenvalue weighted by atomic mass is 9.99. The molecule has 1 amide bonds. The van der Waals surface area contributed by atoms with Crippen molar-refractivity contribution in [1.29, 1.82) is 0 Å². The summed E-state index contributed by atoms with van der Waals surface area (Å²) in [5.41, 5.74) is 3.60. The second-order valence-corrected chi connectivity index (χ2v) is 8.09. The molecule has 0 bridgehead atoms. The summed E-state index contributed by atoms with van der Waals surface area (Å²) in [5, 5.41) is 13.7. The molecular weight excluding hydrogens is 398 g/mol. The Hall–Kier alpha value is -2.37. The number of unbranched alkanes of at least 4 members (excludes halogenated alkanes) is 1. The lowest BCUT2D eigenvalue weighted by molar-refractivity contribution is 0.0943. The van der Waals surface area contributed by atoms with Gasteiger partial charge in [0.2, 0.25) is 0 Å². The Morgan fingerprint density at radius 1 is 1.30 bits per heavy atom. The van der Waals surface area contributed by atoms with Gasteiger partial charge in [-0.05, 0) is 37.0 Å². The van der Waals surface area contributed by atoms with Crippen LogP contribution in [0.25, 0.3) is 0 Å². The van der Waals surface area contributed by atoms with E-state index in [0.717, 1.165) is 35.5 Å². The van der Waals surface area contributed by atoms with E-state index >= 15 is 0 Å². The number of imidazole rings is 1. The average Bonchev–Trinajstić information content (AvgIpc) is 3.07. The monoisotopic (exact) mass is 427 g/mol. The number of allylic oxidation sites excluding steroid dienone is 2. The third-order valence-corrected chi connectivity index (χ3v) is 5.51. The molecule has 1 aromatic carbocycles. The summed E-state index contributed by atoms with van der Waals surface area (Å²) >= 11 is 6.05. The minimum atomic E-state index is -0.466. The van der Waals surface area contributed by atoms with Gasteiger partial charge in [-0.15, -0.1) is 0 Å². The minimum Gasteiger partial charge on any atom is -0.389 e. The van der Waals surface area contributed by atoms with Crippen LogP contribution in [0.1, 0.15) is 60.7 Å². The van der Waals surface area contributed by atoms with Crippen molar-refractivity contribution < 1.29 is 9.90 Å². The molecule has 6 heteroatoms. The van der Waals surface area contributed by atoms with Gasteiger partial charge in [-0.25, -0.2) is 4.98 Å². The van der Waals surface area contributed by atoms with E-state index in [1.165, 1.54) is 0 Å². The van der Waals surface area contributed by atoms with Crippen LogP contribution in [0.5, 0.6) is 0 Å². The van der Waals surface area contributed by atoms with Crippen LogP contribution in [0.3, 0.4) is 0 Å². The molecule has 160 valence electrons. The maximum absolute atomic E-state index is 13.1. The third kappa shape index (κ3) is 5.61. The summed E-state index contributed by atoms with van der Waals surface area (Å²) in [7, 11) is 0. The fourth-order valence-electron chi connectivity index (χ4n) is 3.65. The molecule has 1 aromatic heterocycles. The topological polar surface area (TPSA) is 67.2 Å². The number of aromatic nitrogens is 2. The predicted molar refractivity (Wildman–Crippen MR) is 121 cm³/mol. The van der Waals surface area contributed by atoms with Crippen LogP contribution in [0.2, 0.25) is 5.02 Å². The quantitative estimate of drug-likeness (QED) is 0.580. The molecule has 0 spiro atoms. The number of carbonyl (C=O) groups is 1. The smallest absolute Gasteiger partial charge is 0.269 e. The molecule has 1 aliphatic rings. The van der Waals surface area contributed by atoms with E-state index in [2.05, 4.69) is 12.2 Å². The zero-order valence-corrected chi connectivity index (χ0v) is 18.5. The van der Waals surface area contributed by atoms with Gasteiger partial charge in [-0.2, -0.15) is 0 Å². The Labute approximate surface area is 183 Å². The first-order valence-electron chi connectivity index (χ1n) is 10.7. The zero-order valence-electron chi connectivity index (χ0n) is 17.7. The van der Waals surface area contributed by atoms with E-state index in [1.54, 1.807) is 6.08 Å². The predicted octanol–water partition coefficient (Wildman–Crippen LogP) is 4.47. The molecule has 1 atom stereocenters. The highest BCUT2D eigenvalue weighted by Crippen LogP contribution is 2.22. The fraction of sp³-hybridized carbons (Fsp3) is 0.417. The SMILES string of the molecule is CCCCNC(=O)c1c(CC)nc(CC2=CC=CC(O)C2)n1Cc1ccc(Cl)cc1. The van der Waals surface area contributed by atoms with Crippen LogP contribution in [-0.4, -0.2) is 33.2 Å². The van der Waals surface area contributed by atoms with Crippen molar-refractivity contribution in [3.63, 3.8) is 0 Å². The van der Waals surface area contributed by atoms with Gasteiger partial charge in [0.25, 0.3) is 5.91 Å². The zero-order chi connectivity index (χ0) is 21.5. The van der Waals surface area contributed by atoms with Crippen LogP contribution in [0.4, 0.5) is 0 Å². The second kappa shape index (κ2) is 10.6. The minimum absolute atomic E-state index is 0.0782. The van der Waals surface area contributed by atoms with E-state index in [1.807, 2.05) is 47.9 Å². The van der Waals surface area contributed by atoms with Crippen molar-refractivity contribution in [2.45, 2.75) is 58.6 Å². The molecule has 0 radical (unpaired) electrons. The summed E-state index contributed by atoms with van der Waals surface area (Å²) in [5.74, 6) is 0.766. The molecular formula is C24H30ClN3O2. The summed E-state index contributed by atoms with van der Waals surface area (Å²) in [4.78, 5) is 17.9. The van der Waals surface area contributed by atoms with Gasteiger partial charge in [-0.3, -0.25) is 4.79 Å². The number of rotatable bonds is 9. The van der Waals surface area contributed by atoms with Crippen molar-refractivity contribution in [1.82, 2.24) is 14.9 Å². The maximum atomic E-state index is 13.1. The Balaban J connectivity index is 1.97. The summed E-state index contributed by atoms with van der Waals surface area (Å²) in [6.45, 7) is 5.32. The number of aliphatic hydroxyl groups is 1. The lowest BCUT2D eigenvalue weighted by Gasteiger charge is -2.16. The molecule has 0 aliphatic heterocycles. The Morgan fingerprint density at radius 2 is 2.07 bits per heavy atom. The molecule has 2 N–H and O–H groups in total. The van der Waals surface area contributed by atoms with E-state index in [4.69, 9.17) is 16.6 Å². The number of aryl methyl sites for hydroxylation is 1. The van der Waals surface area contributed by atoms with Gasteiger partial charge in [0.1, 0.15) is 11.5 Å². The van der Waals surface area contributed by atoms with Gasteiger partial charge in [0.15, 0.2) is 0 Å². The molecule has 1 aliphatic carbocycles. The summed E-state index contributed by atoms with van der Waals surface area (Å²) in [6.07, 6.45) is 9.07. The first kappa shape index (κ1) is 22.3. The molecule has 2 aromatic rings. The van der Waals surface area contributed by atoms with Gasteiger partial charge in [0, 0.05) is 24.5 Å². The maximum Gasteiger partial charge on any atom is 0.269 e. The van der Waals surface area contributed by atoms with Crippen LogP contribution >= 0.6 is 11.6 Å². The lowest BCUT2D eigenvalue weighted by Crippen LogP contribution is -2.28. The highest BCUT2D eigenvalue weighted by Gasteiger charge is 2.23. The van der Waals surface area contributed by atoms with Crippen LogP contribution in [-0.2, 0) is 19.4 Å². The summed E-state index contributed by atoms with van der Waals surface area (Å²) in [6, 6.07) is 7.67. The number of amides is 1. The Morgan fingerprint density at radius 3 is 2.73 bits per heavy atom. The standard InChI is InChI=1S/C24H30ClN3O2/c1-3-5-13-26-24(30)23-21(4-2)27-22(15-18-7-6-8-20(29)14-18)28(23)16-17-9-11-19(25)12-10-17/h6-12,20,29H,3-5,13-16H2,1-2H3,(H,26,30). The van der Waals surface area contributed by atoms with Crippen LogP contribution in [0, 0.1) is 0 Å². The average molecular weight is 428 g/mol. The summed E-state index contributed by atoms with van der Waals surface area (Å²) < 4.78 is 2.02. The molecule has 30 heavy (non-hydrogen) atoms. The van der Waals surface area contributed by atoms with Gasteiger partial charge >= 0.3 is 0 Å². The number of nitrogens with one attached hydrogen (secondary N) is 1. The number of carbonyl (C=O) groups excluding carboxylic acids is 1. The number of benzene rings is 1. The largest absolute Gasteiger partial charge is 0.389 e. The van der Waals surface area contributed by atoms with Crippen molar-refractivity contribution >= 4 is 17.5 Å². The first-order valence-corrected chi connectivity index (χ1v) is 11.0. The number of nitrogens with zero attached hydrogens (tertiary/aromatic N) is 2. The highest BCUT2D eigenvalue weighted by atomic mass is 35.5. The molecule has 3 rings (SSSR count). The van der Waals surface area contributed by atoms with E-state index in [0.29, 0.717) is 43.1 Å². The van der Waals surface area contributed by atoms with Crippen molar-refractivity contribution in [2.24, 2.45) is 0 Å². The highest BCUT2D eigenvalue weighted by molar-refractivity contribution is 6.30. The number of aliphatic hydroxyl groups excluding tert-OH is 1. The number of hydrogen-bond donors (Lipinski definition) is 2. The molecule has 1 unspecified atom stereocenters. The Bertz CT molecular complexity index is 929. The van der Waals surface area contributed by atoms with Gasteiger partial charge < -0.3 is 15.0 Å². The number of hydrogen-bond acceptors (Lipinski definition) is 3. The third-order valence-electron chi connectivity index (χ3n) is 5.26. The molecule has 0 saturated carbocycles. The second-order valence-electron chi connectivity index (χ2n) is 7.66. The van der Waals surface area contributed by atoms with E-state index in [9.17, 15) is 9.90 Å². The van der Waals surface area contributed by atoms with Crippen molar-refractivity contribution in [2.75, 3.05) is 6.54 Å². The molecule has 0 saturated heterocycles. The molecule has 1 heterocycles. The fourth-order valence-corrected chi connectivity index (χ4v) is 3.78. The van der Waals surface area contributed by atoms with E-state index in [-0.39, 0.29) is 5.91 Å². The molecule has 0 fully saturated rings. The number of halogens is 1. The Kier molecular flexibility index (Phi) is 7.88. The van der Waals surface area contributed by atoms with Crippen LogP contribution in [0.15, 0.2) is 48.1 Å². The van der Waals surface area contributed by atoms with Gasteiger partial charge in [0.05, 0.1) is 11.8 Å². The normalized spacial score (nSPS) is 15.9. The van der Waals surface area contributed by atoms with Gasteiger partial charge in [-0.1, -0.05) is 67.8 Å². The van der Waals surface area contributed by atoms with Crippen LogP contribution < -0.4 is 5.32 Å².